The van der Waals surface area contributed by atoms with Gasteiger partial charge in [0.15, 0.2) is 0 Å². The number of halogens is 1. The van der Waals surface area contributed by atoms with Crippen LogP contribution in [0.2, 0.25) is 5.15 Å². The molecular weight excluding hydrogens is 354 g/mol. The number of hydrogen-bond acceptors (Lipinski definition) is 4. The molecule has 26 heavy (non-hydrogen) atoms. The number of amides is 2. The van der Waals surface area contributed by atoms with E-state index in [2.05, 4.69) is 10.1 Å². The van der Waals surface area contributed by atoms with Gasteiger partial charge in [0.1, 0.15) is 5.15 Å². The Labute approximate surface area is 156 Å². The van der Waals surface area contributed by atoms with Gasteiger partial charge in [0.05, 0.1) is 37.1 Å². The SMILES string of the molecule is CC1Cn2ncc(N3CCCC3=O)c2CN1C(=O)Cc1ccnc(Cl)c1. The van der Waals surface area contributed by atoms with Gasteiger partial charge in [0, 0.05) is 25.2 Å². The minimum Gasteiger partial charge on any atom is -0.332 e. The van der Waals surface area contributed by atoms with Crippen LogP contribution in [-0.4, -0.2) is 44.1 Å². The summed E-state index contributed by atoms with van der Waals surface area (Å²) in [4.78, 5) is 32.6. The van der Waals surface area contributed by atoms with Gasteiger partial charge < -0.3 is 9.80 Å². The molecule has 8 heteroatoms. The van der Waals surface area contributed by atoms with Crippen molar-refractivity contribution in [3.8, 4) is 0 Å². The van der Waals surface area contributed by atoms with Crippen LogP contribution in [0, 0.1) is 0 Å². The van der Waals surface area contributed by atoms with E-state index in [-0.39, 0.29) is 24.3 Å². The normalized spacial score (nSPS) is 19.8. The van der Waals surface area contributed by atoms with Crippen molar-refractivity contribution < 1.29 is 9.59 Å². The Kier molecular flexibility index (Phi) is 4.40. The molecule has 0 aliphatic carbocycles. The molecule has 7 nitrogen and oxygen atoms in total. The molecule has 0 bridgehead atoms. The van der Waals surface area contributed by atoms with Gasteiger partial charge in [0.25, 0.3) is 0 Å². The van der Waals surface area contributed by atoms with Gasteiger partial charge in [-0.3, -0.25) is 14.3 Å². The summed E-state index contributed by atoms with van der Waals surface area (Å²) in [6.45, 7) is 3.82. The molecule has 1 fully saturated rings. The quantitative estimate of drug-likeness (QED) is 0.772. The van der Waals surface area contributed by atoms with Gasteiger partial charge in [-0.2, -0.15) is 5.10 Å². The summed E-state index contributed by atoms with van der Waals surface area (Å²) in [7, 11) is 0. The molecule has 0 aromatic carbocycles. The van der Waals surface area contributed by atoms with Gasteiger partial charge in [-0.25, -0.2) is 4.98 Å². The highest BCUT2D eigenvalue weighted by molar-refractivity contribution is 6.29. The van der Waals surface area contributed by atoms with Crippen LogP contribution in [0.25, 0.3) is 0 Å². The first-order valence-electron chi connectivity index (χ1n) is 8.78. The molecule has 2 amide bonds. The maximum atomic E-state index is 12.9. The van der Waals surface area contributed by atoms with Gasteiger partial charge in [-0.1, -0.05) is 11.6 Å². The van der Waals surface area contributed by atoms with E-state index in [9.17, 15) is 9.59 Å². The molecule has 4 rings (SSSR count). The fraction of sp³-hybridized carbons (Fsp3) is 0.444. The third-order valence-electron chi connectivity index (χ3n) is 5.05. The lowest BCUT2D eigenvalue weighted by molar-refractivity contribution is -0.134. The van der Waals surface area contributed by atoms with E-state index in [1.807, 2.05) is 16.5 Å². The van der Waals surface area contributed by atoms with E-state index in [0.29, 0.717) is 24.7 Å². The minimum atomic E-state index is 0.0333. The van der Waals surface area contributed by atoms with Crippen LogP contribution >= 0.6 is 11.6 Å². The fourth-order valence-electron chi connectivity index (χ4n) is 3.68. The van der Waals surface area contributed by atoms with Crippen molar-refractivity contribution in [2.75, 3.05) is 11.4 Å². The molecule has 1 unspecified atom stereocenters. The zero-order valence-electron chi connectivity index (χ0n) is 14.6. The molecule has 2 aromatic heterocycles. The highest BCUT2D eigenvalue weighted by atomic mass is 35.5. The molecule has 2 aliphatic rings. The Morgan fingerprint density at radius 3 is 3.00 bits per heavy atom. The summed E-state index contributed by atoms with van der Waals surface area (Å²) in [6.07, 6.45) is 5.08. The van der Waals surface area contributed by atoms with Gasteiger partial charge >= 0.3 is 0 Å². The standard InChI is InChI=1S/C18H20ClN5O2/c1-12-10-24-15(14(9-21-24)22-6-2-3-17(22)25)11-23(12)18(26)8-13-4-5-20-16(19)7-13/h4-5,7,9,12H,2-3,6,8,10-11H2,1H3. The van der Waals surface area contributed by atoms with Crippen LogP contribution in [0.15, 0.2) is 24.5 Å². The summed E-state index contributed by atoms with van der Waals surface area (Å²) in [6, 6.07) is 3.55. The highest BCUT2D eigenvalue weighted by Gasteiger charge is 2.33. The first-order valence-corrected chi connectivity index (χ1v) is 9.15. The molecule has 1 atom stereocenters. The molecule has 1 saturated heterocycles. The number of anilines is 1. The largest absolute Gasteiger partial charge is 0.332 e. The molecule has 2 aliphatic heterocycles. The smallest absolute Gasteiger partial charge is 0.227 e. The maximum Gasteiger partial charge on any atom is 0.227 e. The minimum absolute atomic E-state index is 0.0333. The topological polar surface area (TPSA) is 71.3 Å². The zero-order valence-corrected chi connectivity index (χ0v) is 15.3. The van der Waals surface area contributed by atoms with Crippen molar-refractivity contribution in [1.29, 1.82) is 0 Å². The molecule has 2 aromatic rings. The van der Waals surface area contributed by atoms with E-state index < -0.39 is 0 Å². The molecule has 136 valence electrons. The van der Waals surface area contributed by atoms with E-state index >= 15 is 0 Å². The molecule has 0 N–H and O–H groups in total. The van der Waals surface area contributed by atoms with Crippen molar-refractivity contribution in [2.45, 2.75) is 45.3 Å². The monoisotopic (exact) mass is 373 g/mol. The van der Waals surface area contributed by atoms with Crippen LogP contribution in [0.5, 0.6) is 0 Å². The van der Waals surface area contributed by atoms with E-state index in [1.165, 1.54) is 0 Å². The third kappa shape index (κ3) is 3.07. The zero-order chi connectivity index (χ0) is 18.3. The van der Waals surface area contributed by atoms with Gasteiger partial charge in [-0.05, 0) is 31.0 Å². The number of carbonyl (C=O) groups excluding carboxylic acids is 2. The molecular formula is C18H20ClN5O2. The number of rotatable bonds is 3. The van der Waals surface area contributed by atoms with Crippen molar-refractivity contribution in [1.82, 2.24) is 19.7 Å². The summed E-state index contributed by atoms with van der Waals surface area (Å²) >= 11 is 5.92. The van der Waals surface area contributed by atoms with Crippen molar-refractivity contribution in [3.05, 3.63) is 40.9 Å². The Hall–Kier alpha value is -2.41. The van der Waals surface area contributed by atoms with Crippen LogP contribution < -0.4 is 4.90 Å². The Balaban J connectivity index is 1.56. The van der Waals surface area contributed by atoms with E-state index in [0.717, 1.165) is 29.9 Å². The Morgan fingerprint density at radius 2 is 2.27 bits per heavy atom. The second kappa shape index (κ2) is 6.72. The Bertz CT molecular complexity index is 865. The second-order valence-electron chi connectivity index (χ2n) is 6.84. The van der Waals surface area contributed by atoms with Crippen LogP contribution in [-0.2, 0) is 29.1 Å². The number of nitrogens with zero attached hydrogens (tertiary/aromatic N) is 5. The molecule has 0 saturated carbocycles. The summed E-state index contributed by atoms with van der Waals surface area (Å²) in [5, 5.41) is 4.82. The summed E-state index contributed by atoms with van der Waals surface area (Å²) in [5.41, 5.74) is 2.61. The Morgan fingerprint density at radius 1 is 1.42 bits per heavy atom. The number of carbonyl (C=O) groups is 2. The van der Waals surface area contributed by atoms with Crippen LogP contribution in [0.4, 0.5) is 5.69 Å². The average molecular weight is 374 g/mol. The lowest BCUT2D eigenvalue weighted by Gasteiger charge is -2.35. The lowest BCUT2D eigenvalue weighted by Crippen LogP contribution is -2.46. The lowest BCUT2D eigenvalue weighted by atomic mass is 10.1. The summed E-state index contributed by atoms with van der Waals surface area (Å²) < 4.78 is 1.92. The first-order chi connectivity index (χ1) is 12.5. The first kappa shape index (κ1) is 17.0. The predicted octanol–water partition coefficient (Wildman–Crippen LogP) is 2.03. The second-order valence-corrected chi connectivity index (χ2v) is 7.23. The van der Waals surface area contributed by atoms with Crippen molar-refractivity contribution in [2.24, 2.45) is 0 Å². The maximum absolute atomic E-state index is 12.9. The highest BCUT2D eigenvalue weighted by Crippen LogP contribution is 2.30. The van der Waals surface area contributed by atoms with Gasteiger partial charge in [-0.15, -0.1) is 0 Å². The number of aromatic nitrogens is 3. The van der Waals surface area contributed by atoms with Crippen molar-refractivity contribution >= 4 is 29.1 Å². The van der Waals surface area contributed by atoms with Crippen LogP contribution in [0.3, 0.4) is 0 Å². The van der Waals surface area contributed by atoms with Gasteiger partial charge in [0.2, 0.25) is 11.8 Å². The average Bonchev–Trinajstić information content (AvgIpc) is 3.19. The molecule has 0 radical (unpaired) electrons. The van der Waals surface area contributed by atoms with Crippen LogP contribution in [0.1, 0.15) is 31.0 Å². The predicted molar refractivity (Wildman–Crippen MR) is 96.8 cm³/mol. The summed E-state index contributed by atoms with van der Waals surface area (Å²) in [5.74, 6) is 0.162. The van der Waals surface area contributed by atoms with E-state index in [4.69, 9.17) is 11.6 Å². The molecule has 4 heterocycles. The van der Waals surface area contributed by atoms with E-state index in [1.54, 1.807) is 29.4 Å². The third-order valence-corrected chi connectivity index (χ3v) is 5.25. The number of pyridine rings is 1. The number of fused-ring (bicyclic) bond motifs is 1. The number of hydrogen-bond donors (Lipinski definition) is 0. The molecule has 0 spiro atoms. The fourth-order valence-corrected chi connectivity index (χ4v) is 3.87. The van der Waals surface area contributed by atoms with Crippen molar-refractivity contribution in [3.63, 3.8) is 0 Å².